The molecule has 3 heterocycles. The van der Waals surface area contributed by atoms with E-state index in [0.29, 0.717) is 31.8 Å². The first-order chi connectivity index (χ1) is 20.8. The maximum absolute atomic E-state index is 13.4. The summed E-state index contributed by atoms with van der Waals surface area (Å²) >= 11 is 0. The molecule has 1 fully saturated rings. The Hall–Kier alpha value is -4.48. The average molecular weight is 588 g/mol. The highest BCUT2D eigenvalue weighted by molar-refractivity contribution is 5.95. The van der Waals surface area contributed by atoms with Gasteiger partial charge in [-0.3, -0.25) is 19.2 Å². The summed E-state index contributed by atoms with van der Waals surface area (Å²) in [5.74, 6) is -1.25. The fourth-order valence-corrected chi connectivity index (χ4v) is 5.69. The van der Waals surface area contributed by atoms with Crippen LogP contribution in [-0.2, 0) is 43.6 Å². The van der Waals surface area contributed by atoms with Crippen molar-refractivity contribution in [3.63, 3.8) is 0 Å². The summed E-state index contributed by atoms with van der Waals surface area (Å²) in [5.41, 5.74) is 7.44. The van der Waals surface area contributed by atoms with Gasteiger partial charge in [0.25, 0.3) is 5.91 Å². The first-order valence-electron chi connectivity index (χ1n) is 14.4. The van der Waals surface area contributed by atoms with Crippen molar-refractivity contribution in [3.8, 4) is 0 Å². The predicted octanol–water partition coefficient (Wildman–Crippen LogP) is 2.82. The molecule has 11 nitrogen and oxygen atoms in total. The van der Waals surface area contributed by atoms with Gasteiger partial charge in [-0.15, -0.1) is 0 Å². The Morgan fingerprint density at radius 2 is 1.88 bits per heavy atom. The van der Waals surface area contributed by atoms with Crippen molar-refractivity contribution >= 4 is 35.0 Å². The molecule has 2 atom stereocenters. The van der Waals surface area contributed by atoms with Crippen LogP contribution in [-0.4, -0.2) is 72.0 Å². The molecule has 0 spiro atoms. The second-order valence-corrected chi connectivity index (χ2v) is 11.1. The van der Waals surface area contributed by atoms with Crippen LogP contribution in [0.3, 0.4) is 0 Å². The van der Waals surface area contributed by atoms with E-state index in [1.807, 2.05) is 30.3 Å². The molecule has 5 rings (SSSR count). The van der Waals surface area contributed by atoms with Gasteiger partial charge in [0.2, 0.25) is 18.2 Å². The number of hydrogen-bond donors (Lipinski definition) is 2. The number of nitrogens with zero attached hydrogens (tertiary/aromatic N) is 3. The molecule has 43 heavy (non-hydrogen) atoms. The highest BCUT2D eigenvalue weighted by atomic mass is 16.8. The van der Waals surface area contributed by atoms with Gasteiger partial charge in [0.1, 0.15) is 0 Å². The van der Waals surface area contributed by atoms with E-state index in [1.165, 1.54) is 6.08 Å². The maximum Gasteiger partial charge on any atom is 0.274 e. The van der Waals surface area contributed by atoms with E-state index >= 15 is 0 Å². The third-order valence-corrected chi connectivity index (χ3v) is 7.91. The lowest BCUT2D eigenvalue weighted by Crippen LogP contribution is -2.40. The Morgan fingerprint density at radius 3 is 2.56 bits per heavy atom. The van der Waals surface area contributed by atoms with Gasteiger partial charge >= 0.3 is 0 Å². The van der Waals surface area contributed by atoms with E-state index in [0.717, 1.165) is 59.0 Å². The number of benzene rings is 2. The fraction of sp³-hybridized carbons (Fsp3) is 0.375. The van der Waals surface area contributed by atoms with Crippen molar-refractivity contribution in [2.24, 2.45) is 0 Å². The molecule has 0 radical (unpaired) electrons. The van der Waals surface area contributed by atoms with Crippen LogP contribution in [0.5, 0.6) is 0 Å². The lowest BCUT2D eigenvalue weighted by molar-refractivity contribution is -0.186. The van der Waals surface area contributed by atoms with E-state index in [1.54, 1.807) is 36.0 Å². The first-order valence-corrected chi connectivity index (χ1v) is 14.4. The van der Waals surface area contributed by atoms with E-state index in [9.17, 15) is 19.2 Å². The zero-order chi connectivity index (χ0) is 30.5. The van der Waals surface area contributed by atoms with Gasteiger partial charge in [-0.1, -0.05) is 24.8 Å². The van der Waals surface area contributed by atoms with Crippen LogP contribution in [0.15, 0.2) is 55.1 Å². The lowest BCUT2D eigenvalue weighted by atomic mass is 9.90. The monoisotopic (exact) mass is 587 g/mol. The second kappa shape index (κ2) is 13.2. The molecule has 2 aromatic carbocycles. The Labute approximate surface area is 250 Å². The molecule has 1 saturated heterocycles. The largest absolute Gasteiger partial charge is 0.350 e. The van der Waals surface area contributed by atoms with Gasteiger partial charge in [-0.05, 0) is 59.9 Å². The first kappa shape index (κ1) is 30.0. The van der Waals surface area contributed by atoms with Crippen LogP contribution < -0.4 is 10.8 Å². The SMILES string of the molecule is C=CC(=O)NCc1ccc2c(c1)c1c(n2Cc2ccc(C(=O)NOC3CCCCO3)cc2)CN(C=O)CC1C(=O)N(C)C. The molecule has 2 aliphatic heterocycles. The summed E-state index contributed by atoms with van der Waals surface area (Å²) in [6.45, 7) is 5.53. The number of ether oxygens (including phenoxy) is 1. The molecular formula is C32H37N5O6. The number of hydroxylamine groups is 1. The van der Waals surface area contributed by atoms with E-state index < -0.39 is 12.2 Å². The summed E-state index contributed by atoms with van der Waals surface area (Å²) in [5, 5.41) is 3.71. The lowest BCUT2D eigenvalue weighted by Gasteiger charge is -2.32. The summed E-state index contributed by atoms with van der Waals surface area (Å²) in [6.07, 6.45) is 4.30. The van der Waals surface area contributed by atoms with Crippen LogP contribution in [0.4, 0.5) is 0 Å². The van der Waals surface area contributed by atoms with Crippen LogP contribution in [0.1, 0.15) is 57.9 Å². The average Bonchev–Trinajstić information content (AvgIpc) is 3.34. The smallest absolute Gasteiger partial charge is 0.274 e. The Bertz CT molecular complexity index is 1520. The number of rotatable bonds is 10. The third kappa shape index (κ3) is 6.63. The normalized spacial score (nSPS) is 18.0. The quantitative estimate of drug-likeness (QED) is 0.214. The van der Waals surface area contributed by atoms with Gasteiger partial charge in [-0.2, -0.15) is 0 Å². The Balaban J connectivity index is 1.46. The number of nitrogens with one attached hydrogen (secondary N) is 2. The van der Waals surface area contributed by atoms with Gasteiger partial charge < -0.3 is 24.4 Å². The van der Waals surface area contributed by atoms with Crippen molar-refractivity contribution in [3.05, 3.63) is 83.1 Å². The molecule has 3 aromatic rings. The molecule has 11 heteroatoms. The third-order valence-electron chi connectivity index (χ3n) is 7.91. The van der Waals surface area contributed by atoms with E-state index in [-0.39, 0.29) is 24.3 Å². The Morgan fingerprint density at radius 1 is 1.12 bits per heavy atom. The van der Waals surface area contributed by atoms with E-state index in [2.05, 4.69) is 21.9 Å². The summed E-state index contributed by atoms with van der Waals surface area (Å²) in [7, 11) is 3.42. The zero-order valence-corrected chi connectivity index (χ0v) is 24.5. The van der Waals surface area contributed by atoms with Crippen LogP contribution in [0, 0.1) is 0 Å². The van der Waals surface area contributed by atoms with Gasteiger partial charge in [-0.25, -0.2) is 10.3 Å². The number of likely N-dealkylation sites (N-methyl/N-ethyl adjacent to an activating group) is 1. The number of hydrogen-bond acceptors (Lipinski definition) is 6. The topological polar surface area (TPSA) is 122 Å². The van der Waals surface area contributed by atoms with E-state index in [4.69, 9.17) is 9.57 Å². The molecule has 2 N–H and O–H groups in total. The molecule has 2 aliphatic rings. The molecule has 1 aromatic heterocycles. The molecule has 0 bridgehead atoms. The standard InChI is InChI=1S/C32H37N5O6/c1-4-28(39)33-16-22-10-13-26-24(15-22)30-25(32(41)35(2)3)18-36(20-38)19-27(30)37(26)17-21-8-11-23(12-9-21)31(40)34-43-29-7-5-6-14-42-29/h4,8-13,15,20,25,29H,1,5-7,14,16-19H2,2-3H3,(H,33,39)(H,34,40). The van der Waals surface area contributed by atoms with Crippen LogP contribution in [0.25, 0.3) is 10.9 Å². The highest BCUT2D eigenvalue weighted by Gasteiger charge is 2.36. The maximum atomic E-state index is 13.4. The van der Waals surface area contributed by atoms with Crippen molar-refractivity contribution in [1.82, 2.24) is 25.2 Å². The zero-order valence-electron chi connectivity index (χ0n) is 24.5. The number of aromatic nitrogens is 1. The van der Waals surface area contributed by atoms with Crippen LogP contribution >= 0.6 is 0 Å². The summed E-state index contributed by atoms with van der Waals surface area (Å²) < 4.78 is 7.63. The van der Waals surface area contributed by atoms with Crippen molar-refractivity contribution in [2.45, 2.75) is 51.1 Å². The molecule has 0 saturated carbocycles. The molecule has 226 valence electrons. The van der Waals surface area contributed by atoms with Crippen molar-refractivity contribution in [1.29, 1.82) is 0 Å². The minimum atomic E-state index is -0.537. The molecule has 4 amide bonds. The number of carbonyl (C=O) groups excluding carboxylic acids is 4. The fourth-order valence-electron chi connectivity index (χ4n) is 5.69. The molecular weight excluding hydrogens is 550 g/mol. The summed E-state index contributed by atoms with van der Waals surface area (Å²) in [4.78, 5) is 58.4. The van der Waals surface area contributed by atoms with Gasteiger partial charge in [0, 0.05) is 68.9 Å². The predicted molar refractivity (Wildman–Crippen MR) is 160 cm³/mol. The van der Waals surface area contributed by atoms with Crippen molar-refractivity contribution < 1.29 is 28.8 Å². The number of fused-ring (bicyclic) bond motifs is 3. The van der Waals surface area contributed by atoms with Gasteiger partial charge in [0.15, 0.2) is 6.29 Å². The van der Waals surface area contributed by atoms with Gasteiger partial charge in [0.05, 0.1) is 12.5 Å². The van der Waals surface area contributed by atoms with Crippen molar-refractivity contribution in [2.75, 3.05) is 27.2 Å². The minimum absolute atomic E-state index is 0.0894. The molecule has 2 unspecified atom stereocenters. The number of carbonyl (C=O) groups is 4. The second-order valence-electron chi connectivity index (χ2n) is 11.1. The minimum Gasteiger partial charge on any atom is -0.350 e. The number of amides is 4. The Kier molecular flexibility index (Phi) is 9.22. The summed E-state index contributed by atoms with van der Waals surface area (Å²) in [6, 6.07) is 13.2. The highest BCUT2D eigenvalue weighted by Crippen LogP contribution is 2.38. The molecule has 0 aliphatic carbocycles. The van der Waals surface area contributed by atoms with Crippen LogP contribution in [0.2, 0.25) is 0 Å².